The molecule has 1 aliphatic heterocycles. The van der Waals surface area contributed by atoms with Crippen LogP contribution in [0.4, 0.5) is 11.6 Å². The second kappa shape index (κ2) is 6.43. The van der Waals surface area contributed by atoms with E-state index in [9.17, 15) is 18.6 Å². The highest BCUT2D eigenvalue weighted by Gasteiger charge is 2.36. The lowest BCUT2D eigenvalue weighted by molar-refractivity contribution is 0.0462. The van der Waals surface area contributed by atoms with Crippen molar-refractivity contribution in [2.45, 2.75) is 44.1 Å². The summed E-state index contributed by atoms with van der Waals surface area (Å²) >= 11 is 0. The van der Waals surface area contributed by atoms with Crippen molar-refractivity contribution in [2.24, 2.45) is 5.92 Å². The van der Waals surface area contributed by atoms with Gasteiger partial charge in [0.2, 0.25) is 0 Å². The van der Waals surface area contributed by atoms with Gasteiger partial charge >= 0.3 is 0 Å². The summed E-state index contributed by atoms with van der Waals surface area (Å²) in [6, 6.07) is 0.145. The molecular weight excluding hydrogens is 336 g/mol. The summed E-state index contributed by atoms with van der Waals surface area (Å²) < 4.78 is 31.0. The van der Waals surface area contributed by atoms with E-state index >= 15 is 0 Å². The first-order valence-corrected chi connectivity index (χ1v) is 9.52. The Kier molecular flexibility index (Phi) is 4.65. The molecule has 1 aromatic rings. The van der Waals surface area contributed by atoms with Gasteiger partial charge in [-0.3, -0.25) is 4.55 Å². The predicted molar refractivity (Wildman–Crippen MR) is 87.2 cm³/mol. The second-order valence-corrected chi connectivity index (χ2v) is 8.02. The van der Waals surface area contributed by atoms with Crippen LogP contribution in [-0.4, -0.2) is 58.2 Å². The van der Waals surface area contributed by atoms with E-state index in [1.807, 2.05) is 11.9 Å². The number of anilines is 2. The Bertz CT molecular complexity index is 705. The minimum Gasteiger partial charge on any atom is -0.383 e. The number of nitrogens with zero attached hydrogens (tertiary/aromatic N) is 3. The molecule has 0 radical (unpaired) electrons. The minimum absolute atomic E-state index is 0.0326. The van der Waals surface area contributed by atoms with Crippen molar-refractivity contribution in [1.29, 1.82) is 0 Å². The summed E-state index contributed by atoms with van der Waals surface area (Å²) in [6.45, 7) is 0. The first kappa shape index (κ1) is 17.3. The van der Waals surface area contributed by atoms with E-state index < -0.39 is 22.4 Å². The van der Waals surface area contributed by atoms with Crippen molar-refractivity contribution in [3.05, 3.63) is 11.9 Å². The van der Waals surface area contributed by atoms with E-state index in [0.717, 1.165) is 12.8 Å². The summed E-state index contributed by atoms with van der Waals surface area (Å²) in [5.74, 6) is 0.762. The van der Waals surface area contributed by atoms with Crippen LogP contribution in [0.3, 0.4) is 0 Å². The molecule has 0 spiro atoms. The number of hydrogen-bond acceptors (Lipinski definition) is 8. The normalized spacial score (nSPS) is 29.8. The Morgan fingerprint density at radius 2 is 1.92 bits per heavy atom. The zero-order valence-corrected chi connectivity index (χ0v) is 14.1. The van der Waals surface area contributed by atoms with Crippen molar-refractivity contribution >= 4 is 21.8 Å². The van der Waals surface area contributed by atoms with Crippen LogP contribution in [0.5, 0.6) is 0 Å². The predicted octanol–water partition coefficient (Wildman–Crippen LogP) is 0.137. The molecule has 24 heavy (non-hydrogen) atoms. The lowest BCUT2D eigenvalue weighted by atomic mass is 9.86. The van der Waals surface area contributed by atoms with Gasteiger partial charge in [0, 0.05) is 13.1 Å². The SMILES string of the molecule is CN(c1ncnc2c1C(O)C(O)N2)C1CCC(CS(=O)(=O)O)CC1. The maximum atomic E-state index is 11.0. The van der Waals surface area contributed by atoms with Crippen LogP contribution in [0.15, 0.2) is 6.33 Å². The number of nitrogens with one attached hydrogen (secondary N) is 1. The lowest BCUT2D eigenvalue weighted by Crippen LogP contribution is -2.37. The average molecular weight is 358 g/mol. The van der Waals surface area contributed by atoms with Crippen molar-refractivity contribution in [2.75, 3.05) is 23.0 Å². The zero-order chi connectivity index (χ0) is 17.5. The molecule has 2 unspecified atom stereocenters. The van der Waals surface area contributed by atoms with Crippen molar-refractivity contribution in [3.8, 4) is 0 Å². The van der Waals surface area contributed by atoms with Crippen LogP contribution >= 0.6 is 0 Å². The molecule has 0 aromatic carbocycles. The summed E-state index contributed by atoms with van der Waals surface area (Å²) in [5.41, 5.74) is 0.479. The maximum Gasteiger partial charge on any atom is 0.265 e. The van der Waals surface area contributed by atoms with Crippen LogP contribution in [0.1, 0.15) is 37.4 Å². The molecular formula is C14H22N4O5S. The fourth-order valence-corrected chi connectivity index (χ4v) is 4.53. The van der Waals surface area contributed by atoms with Gasteiger partial charge in [-0.05, 0) is 31.6 Å². The number of rotatable bonds is 4. The van der Waals surface area contributed by atoms with E-state index in [1.54, 1.807) is 0 Å². The molecule has 2 aliphatic rings. The zero-order valence-electron chi connectivity index (χ0n) is 13.3. The van der Waals surface area contributed by atoms with Crippen LogP contribution in [-0.2, 0) is 10.1 Å². The summed E-state index contributed by atoms with van der Waals surface area (Å²) in [7, 11) is -2.07. The standard InChI is InChI=1S/C14H22N4O5S/c1-18(9-4-2-8(3-5-9)6-24(21,22)23)13-10-11(19)14(20)17-12(10)15-7-16-13/h7-9,11,14,19-20H,2-6H2,1H3,(H,15,16,17)(H,21,22,23). The molecule has 2 heterocycles. The van der Waals surface area contributed by atoms with Crippen molar-refractivity contribution < 1.29 is 23.2 Å². The van der Waals surface area contributed by atoms with Gasteiger partial charge in [0.05, 0.1) is 11.3 Å². The summed E-state index contributed by atoms with van der Waals surface area (Å²) in [5, 5.41) is 22.6. The number of fused-ring (bicyclic) bond motifs is 1. The molecule has 1 fully saturated rings. The molecule has 10 heteroatoms. The molecule has 9 nitrogen and oxygen atoms in total. The third kappa shape index (κ3) is 3.46. The molecule has 3 rings (SSSR count). The van der Waals surface area contributed by atoms with Gasteiger partial charge in [-0.1, -0.05) is 0 Å². The van der Waals surface area contributed by atoms with Crippen LogP contribution in [0.25, 0.3) is 0 Å². The van der Waals surface area contributed by atoms with Gasteiger partial charge in [-0.25, -0.2) is 9.97 Å². The molecule has 0 amide bonds. The number of hydrogen-bond donors (Lipinski definition) is 4. The van der Waals surface area contributed by atoms with Crippen LogP contribution < -0.4 is 10.2 Å². The third-order valence-electron chi connectivity index (χ3n) is 4.89. The Morgan fingerprint density at radius 3 is 2.54 bits per heavy atom. The molecule has 134 valence electrons. The first-order chi connectivity index (χ1) is 11.3. The van der Waals surface area contributed by atoms with Crippen LogP contribution in [0, 0.1) is 5.92 Å². The van der Waals surface area contributed by atoms with Crippen molar-refractivity contribution in [1.82, 2.24) is 9.97 Å². The largest absolute Gasteiger partial charge is 0.383 e. The smallest absolute Gasteiger partial charge is 0.265 e. The van der Waals surface area contributed by atoms with E-state index in [-0.39, 0.29) is 17.7 Å². The topological polar surface area (TPSA) is 136 Å². The average Bonchev–Trinajstić information content (AvgIpc) is 2.81. The highest BCUT2D eigenvalue weighted by molar-refractivity contribution is 7.85. The minimum atomic E-state index is -3.94. The van der Waals surface area contributed by atoms with Gasteiger partial charge in [0.1, 0.15) is 24.1 Å². The molecule has 1 aromatic heterocycles. The lowest BCUT2D eigenvalue weighted by Gasteiger charge is -2.35. The molecule has 4 N–H and O–H groups in total. The Balaban J connectivity index is 1.71. The molecule has 1 aliphatic carbocycles. The number of aromatic nitrogens is 2. The molecule has 0 saturated heterocycles. The Morgan fingerprint density at radius 1 is 1.25 bits per heavy atom. The van der Waals surface area contributed by atoms with E-state index in [0.29, 0.717) is 30.0 Å². The third-order valence-corrected chi connectivity index (χ3v) is 5.78. The summed E-state index contributed by atoms with van der Waals surface area (Å²) in [4.78, 5) is 10.2. The highest BCUT2D eigenvalue weighted by atomic mass is 32.2. The highest BCUT2D eigenvalue weighted by Crippen LogP contribution is 2.39. The van der Waals surface area contributed by atoms with Gasteiger partial charge in [0.25, 0.3) is 10.1 Å². The van der Waals surface area contributed by atoms with Crippen LogP contribution in [0.2, 0.25) is 0 Å². The fourth-order valence-electron chi connectivity index (χ4n) is 3.60. The van der Waals surface area contributed by atoms with Gasteiger partial charge < -0.3 is 20.4 Å². The van der Waals surface area contributed by atoms with Gasteiger partial charge in [0.15, 0.2) is 6.23 Å². The number of aliphatic hydroxyl groups excluding tert-OH is 2. The van der Waals surface area contributed by atoms with Crippen molar-refractivity contribution in [3.63, 3.8) is 0 Å². The van der Waals surface area contributed by atoms with E-state index in [1.165, 1.54) is 6.33 Å². The maximum absolute atomic E-state index is 11.0. The van der Waals surface area contributed by atoms with E-state index in [4.69, 9.17) is 4.55 Å². The molecule has 2 atom stereocenters. The Hall–Kier alpha value is -1.49. The molecule has 0 bridgehead atoms. The quantitative estimate of drug-likeness (QED) is 0.554. The second-order valence-electron chi connectivity index (χ2n) is 6.53. The molecule has 1 saturated carbocycles. The first-order valence-electron chi connectivity index (χ1n) is 7.92. The summed E-state index contributed by atoms with van der Waals surface area (Å²) in [6.07, 6.45) is 2.12. The van der Waals surface area contributed by atoms with Gasteiger partial charge in [-0.2, -0.15) is 8.42 Å². The Labute approximate surface area is 140 Å². The van der Waals surface area contributed by atoms with E-state index in [2.05, 4.69) is 15.3 Å². The van der Waals surface area contributed by atoms with Gasteiger partial charge in [-0.15, -0.1) is 0 Å². The monoisotopic (exact) mass is 358 g/mol. The number of aliphatic hydroxyl groups is 2. The fraction of sp³-hybridized carbons (Fsp3) is 0.714.